The first-order valence-electron chi connectivity index (χ1n) is 11.6. The average molecular weight is 508 g/mol. The Kier molecular flexibility index (Phi) is 6.55. The molecule has 3 aromatic rings. The van der Waals surface area contributed by atoms with Crippen molar-refractivity contribution >= 4 is 40.4 Å². The number of fused-ring (bicyclic) bond motifs is 1. The third-order valence-corrected chi connectivity index (χ3v) is 7.20. The van der Waals surface area contributed by atoms with Gasteiger partial charge in [0.15, 0.2) is 11.5 Å². The molecule has 0 unspecified atom stereocenters. The van der Waals surface area contributed by atoms with E-state index in [9.17, 15) is 14.4 Å². The van der Waals surface area contributed by atoms with Crippen LogP contribution in [0.4, 0.5) is 11.4 Å². The molecule has 0 spiro atoms. The molecule has 0 saturated carbocycles. The normalized spacial score (nSPS) is 16.5. The number of carbonyl (C=O) groups excluding carboxylic acids is 3. The molecule has 3 heterocycles. The van der Waals surface area contributed by atoms with Crippen molar-refractivity contribution < 1.29 is 23.9 Å². The second-order valence-corrected chi connectivity index (χ2v) is 9.79. The number of anilines is 2. The number of hydrogen-bond donors (Lipinski definition) is 2. The highest BCUT2D eigenvalue weighted by Gasteiger charge is 2.31. The van der Waals surface area contributed by atoms with Crippen LogP contribution in [-0.4, -0.2) is 52.7 Å². The second-order valence-electron chi connectivity index (χ2n) is 8.81. The lowest BCUT2D eigenvalue weighted by Crippen LogP contribution is -2.43. The van der Waals surface area contributed by atoms with Gasteiger partial charge in [0, 0.05) is 30.5 Å². The number of aryl methyl sites for hydroxylation is 2. The molecule has 1 fully saturated rings. The van der Waals surface area contributed by atoms with Crippen molar-refractivity contribution in [1.82, 2.24) is 15.1 Å². The fourth-order valence-electron chi connectivity index (χ4n) is 4.13. The van der Waals surface area contributed by atoms with Gasteiger partial charge in [-0.3, -0.25) is 14.4 Å². The molecule has 1 saturated heterocycles. The number of amides is 3. The van der Waals surface area contributed by atoms with Gasteiger partial charge in [0.05, 0.1) is 5.92 Å². The first kappa shape index (κ1) is 23.7. The first-order chi connectivity index (χ1) is 17.4. The predicted molar refractivity (Wildman–Crippen MR) is 134 cm³/mol. The molecule has 2 aliphatic heterocycles. The van der Waals surface area contributed by atoms with Crippen molar-refractivity contribution in [2.24, 2.45) is 5.92 Å². The highest BCUT2D eigenvalue weighted by molar-refractivity contribution is 7.15. The van der Waals surface area contributed by atoms with Gasteiger partial charge in [-0.2, -0.15) is 0 Å². The average Bonchev–Trinajstić information content (AvgIpc) is 3.56. The maximum absolute atomic E-state index is 13.1. The Bertz CT molecular complexity index is 1340. The third-order valence-electron chi connectivity index (χ3n) is 6.29. The van der Waals surface area contributed by atoms with Gasteiger partial charge in [-0.25, -0.2) is 0 Å². The summed E-state index contributed by atoms with van der Waals surface area (Å²) in [6.07, 6.45) is 1.40. The number of nitrogens with one attached hydrogen (secondary N) is 2. The molecule has 10 nitrogen and oxygen atoms in total. The van der Waals surface area contributed by atoms with Gasteiger partial charge in [0.1, 0.15) is 0 Å². The van der Waals surface area contributed by atoms with Crippen molar-refractivity contribution in [2.45, 2.75) is 26.7 Å². The summed E-state index contributed by atoms with van der Waals surface area (Å²) in [5.41, 5.74) is 3.51. The lowest BCUT2D eigenvalue weighted by Gasteiger charge is -2.31. The molecule has 3 amide bonds. The van der Waals surface area contributed by atoms with Gasteiger partial charge in [-0.15, -0.1) is 10.2 Å². The lowest BCUT2D eigenvalue weighted by atomic mass is 9.97. The minimum atomic E-state index is -0.477. The molecule has 0 radical (unpaired) electrons. The molecule has 1 aromatic heterocycles. The summed E-state index contributed by atoms with van der Waals surface area (Å²) in [6.45, 7) is 4.96. The summed E-state index contributed by atoms with van der Waals surface area (Å²) >= 11 is 0.921. The number of hydrogen-bond acceptors (Lipinski definition) is 8. The third kappa shape index (κ3) is 5.01. The molecule has 36 heavy (non-hydrogen) atoms. The van der Waals surface area contributed by atoms with E-state index in [1.807, 2.05) is 32.0 Å². The van der Waals surface area contributed by atoms with E-state index in [1.165, 1.54) is 0 Å². The Labute approximate surface area is 211 Å². The Hall–Kier alpha value is -3.99. The SMILES string of the molecule is Cc1ccc(NC(=O)[C@H]2CCCN(C(=O)c3nnc(C(=O)Nc4ccc5c(c4)OCO5)s3)C2)cc1C. The maximum Gasteiger partial charge on any atom is 0.286 e. The van der Waals surface area contributed by atoms with Crippen LogP contribution in [0.1, 0.15) is 43.6 Å². The van der Waals surface area contributed by atoms with Crippen LogP contribution in [0.25, 0.3) is 0 Å². The number of ether oxygens (including phenoxy) is 2. The number of benzene rings is 2. The van der Waals surface area contributed by atoms with Crippen molar-refractivity contribution in [1.29, 1.82) is 0 Å². The molecular weight excluding hydrogens is 482 g/mol. The number of aromatic nitrogens is 2. The largest absolute Gasteiger partial charge is 0.454 e. The lowest BCUT2D eigenvalue weighted by molar-refractivity contribution is -0.121. The van der Waals surface area contributed by atoms with Crippen LogP contribution < -0.4 is 20.1 Å². The van der Waals surface area contributed by atoms with Crippen LogP contribution in [0.15, 0.2) is 36.4 Å². The van der Waals surface area contributed by atoms with Gasteiger partial charge in [-0.05, 0) is 62.1 Å². The summed E-state index contributed by atoms with van der Waals surface area (Å²) in [6, 6.07) is 10.8. The summed E-state index contributed by atoms with van der Waals surface area (Å²) < 4.78 is 10.6. The van der Waals surface area contributed by atoms with Crippen molar-refractivity contribution in [3.63, 3.8) is 0 Å². The Balaban J connectivity index is 1.20. The molecular formula is C25H25N5O5S. The molecule has 2 aromatic carbocycles. The predicted octanol–water partition coefficient (Wildman–Crippen LogP) is 3.63. The van der Waals surface area contributed by atoms with E-state index in [4.69, 9.17) is 9.47 Å². The smallest absolute Gasteiger partial charge is 0.286 e. The van der Waals surface area contributed by atoms with Gasteiger partial charge in [0.2, 0.25) is 22.7 Å². The molecule has 5 rings (SSSR count). The van der Waals surface area contributed by atoms with E-state index in [-0.39, 0.29) is 41.1 Å². The van der Waals surface area contributed by atoms with Crippen LogP contribution >= 0.6 is 11.3 Å². The van der Waals surface area contributed by atoms with E-state index in [0.29, 0.717) is 36.6 Å². The van der Waals surface area contributed by atoms with Crippen LogP contribution in [0, 0.1) is 19.8 Å². The standard InChI is InChI=1S/C25H25N5O5S/c1-14-5-6-17(10-15(14)2)26-21(31)16-4-3-9-30(12-16)25(33)24-29-28-23(36-24)22(32)27-18-7-8-19-20(11-18)35-13-34-19/h5-8,10-11,16H,3-4,9,12-13H2,1-2H3,(H,26,31)(H,27,32)/t16-/m0/s1. The van der Waals surface area contributed by atoms with E-state index in [2.05, 4.69) is 20.8 Å². The van der Waals surface area contributed by atoms with Crippen molar-refractivity contribution in [3.8, 4) is 11.5 Å². The van der Waals surface area contributed by atoms with E-state index in [0.717, 1.165) is 28.2 Å². The molecule has 11 heteroatoms. The van der Waals surface area contributed by atoms with Crippen molar-refractivity contribution in [2.75, 3.05) is 30.5 Å². The number of carbonyl (C=O) groups is 3. The zero-order valence-electron chi connectivity index (χ0n) is 19.9. The molecule has 0 aliphatic carbocycles. The number of likely N-dealkylation sites (tertiary alicyclic amines) is 1. The molecule has 2 N–H and O–H groups in total. The summed E-state index contributed by atoms with van der Waals surface area (Å²) in [5, 5.41) is 13.7. The summed E-state index contributed by atoms with van der Waals surface area (Å²) in [5.74, 6) is -0.0998. The van der Waals surface area contributed by atoms with E-state index >= 15 is 0 Å². The Morgan fingerprint density at radius 3 is 2.53 bits per heavy atom. The molecule has 0 bridgehead atoms. The van der Waals surface area contributed by atoms with Gasteiger partial charge in [-0.1, -0.05) is 17.4 Å². The summed E-state index contributed by atoms with van der Waals surface area (Å²) in [4.78, 5) is 40.2. The maximum atomic E-state index is 13.1. The van der Waals surface area contributed by atoms with Crippen LogP contribution in [0.2, 0.25) is 0 Å². The quantitative estimate of drug-likeness (QED) is 0.541. The number of nitrogens with zero attached hydrogens (tertiary/aromatic N) is 3. The van der Waals surface area contributed by atoms with E-state index in [1.54, 1.807) is 23.1 Å². The van der Waals surface area contributed by atoms with Gasteiger partial charge >= 0.3 is 0 Å². The van der Waals surface area contributed by atoms with E-state index < -0.39 is 5.91 Å². The molecule has 2 aliphatic rings. The van der Waals surface area contributed by atoms with Crippen LogP contribution in [0.3, 0.4) is 0 Å². The topological polar surface area (TPSA) is 123 Å². The fraction of sp³-hybridized carbons (Fsp3) is 0.320. The second kappa shape index (κ2) is 9.94. The van der Waals surface area contributed by atoms with Crippen LogP contribution in [0.5, 0.6) is 11.5 Å². The Morgan fingerprint density at radius 1 is 0.944 bits per heavy atom. The summed E-state index contributed by atoms with van der Waals surface area (Å²) in [7, 11) is 0. The molecule has 1 atom stereocenters. The van der Waals surface area contributed by atoms with Gasteiger partial charge < -0.3 is 25.0 Å². The number of rotatable bonds is 5. The zero-order chi connectivity index (χ0) is 25.2. The number of piperidine rings is 1. The van der Waals surface area contributed by atoms with Crippen molar-refractivity contribution in [3.05, 3.63) is 57.5 Å². The first-order valence-corrected chi connectivity index (χ1v) is 12.4. The highest BCUT2D eigenvalue weighted by Crippen LogP contribution is 2.34. The minimum absolute atomic E-state index is 0.0667. The zero-order valence-corrected chi connectivity index (χ0v) is 20.7. The van der Waals surface area contributed by atoms with Gasteiger partial charge in [0.25, 0.3) is 11.8 Å². The fourth-order valence-corrected chi connectivity index (χ4v) is 4.84. The monoisotopic (exact) mass is 507 g/mol. The minimum Gasteiger partial charge on any atom is -0.454 e. The highest BCUT2D eigenvalue weighted by atomic mass is 32.1. The molecule has 186 valence electrons. The Morgan fingerprint density at radius 2 is 1.69 bits per heavy atom. The van der Waals surface area contributed by atoms with Crippen LogP contribution in [-0.2, 0) is 4.79 Å².